The van der Waals surface area contributed by atoms with E-state index < -0.39 is 35.2 Å². The number of nitrogens with two attached hydrogens (primary N) is 1. The summed E-state index contributed by atoms with van der Waals surface area (Å²) in [5.41, 5.74) is 2.10. The van der Waals surface area contributed by atoms with Crippen LogP contribution in [0.15, 0.2) is 49.0 Å². The third-order valence-electron chi connectivity index (χ3n) is 3.44. The number of benzene rings is 2. The van der Waals surface area contributed by atoms with E-state index in [2.05, 4.69) is 6.58 Å². The zero-order valence-electron chi connectivity index (χ0n) is 13.0. The van der Waals surface area contributed by atoms with E-state index in [1.807, 2.05) is 0 Å². The molecule has 0 aliphatic heterocycles. The fourth-order valence-corrected chi connectivity index (χ4v) is 2.23. The normalized spacial score (nSPS) is 11.9. The lowest BCUT2D eigenvalue weighted by molar-refractivity contribution is -0.143. The van der Waals surface area contributed by atoms with Crippen molar-refractivity contribution in [3.05, 3.63) is 65.7 Å². The van der Waals surface area contributed by atoms with Gasteiger partial charge in [-0.1, -0.05) is 24.8 Å². The molecule has 0 bridgehead atoms. The summed E-state index contributed by atoms with van der Waals surface area (Å²) < 4.78 is 77.9. The monoisotopic (exact) mass is 374 g/mol. The lowest BCUT2D eigenvalue weighted by Crippen LogP contribution is -2.32. The van der Waals surface area contributed by atoms with Gasteiger partial charge >= 0.3 is 18.4 Å². The molecule has 3 nitrogen and oxygen atoms in total. The first-order valence-corrected chi connectivity index (χ1v) is 7.05. The minimum absolute atomic E-state index is 0.00977. The number of halogens is 6. The Kier molecular flexibility index (Phi) is 5.02. The van der Waals surface area contributed by atoms with E-state index in [1.165, 1.54) is 30.3 Å². The number of carbonyl (C=O) groups excluding carboxylic acids is 1. The second-order valence-electron chi connectivity index (χ2n) is 5.23. The molecule has 0 unspecified atom stereocenters. The highest BCUT2D eigenvalue weighted by Crippen LogP contribution is 2.39. The summed E-state index contributed by atoms with van der Waals surface area (Å²) in [6.45, 7) is 3.52. The van der Waals surface area contributed by atoms with E-state index in [-0.39, 0.29) is 11.8 Å². The SMILES string of the molecule is C=Cc1ccc(N(C(N)=O)c2cc(C(F)(F)F)cc(C(F)(F)F)c2)cc1. The van der Waals surface area contributed by atoms with Crippen molar-refractivity contribution in [2.75, 3.05) is 4.90 Å². The molecule has 0 aliphatic carbocycles. The second kappa shape index (κ2) is 6.74. The van der Waals surface area contributed by atoms with Crippen LogP contribution in [0.3, 0.4) is 0 Å². The molecule has 0 saturated carbocycles. The second-order valence-corrected chi connectivity index (χ2v) is 5.23. The van der Waals surface area contributed by atoms with Gasteiger partial charge in [0.1, 0.15) is 0 Å². The smallest absolute Gasteiger partial charge is 0.351 e. The zero-order valence-corrected chi connectivity index (χ0v) is 13.0. The summed E-state index contributed by atoms with van der Waals surface area (Å²) in [4.78, 5) is 12.3. The van der Waals surface area contributed by atoms with Gasteiger partial charge in [-0.25, -0.2) is 4.79 Å². The van der Waals surface area contributed by atoms with Crippen molar-refractivity contribution in [2.24, 2.45) is 5.73 Å². The summed E-state index contributed by atoms with van der Waals surface area (Å²) in [5, 5.41) is 0. The summed E-state index contributed by atoms with van der Waals surface area (Å²) in [6, 6.07) is 5.23. The molecule has 0 aliphatic rings. The largest absolute Gasteiger partial charge is 0.416 e. The van der Waals surface area contributed by atoms with Gasteiger partial charge in [-0.2, -0.15) is 26.3 Å². The molecule has 0 atom stereocenters. The predicted octanol–water partition coefficient (Wildman–Crippen LogP) is 5.58. The molecule has 0 spiro atoms. The third-order valence-corrected chi connectivity index (χ3v) is 3.44. The average molecular weight is 374 g/mol. The predicted molar refractivity (Wildman–Crippen MR) is 84.7 cm³/mol. The number of anilines is 2. The molecule has 0 heterocycles. The van der Waals surface area contributed by atoms with Gasteiger partial charge in [0.15, 0.2) is 0 Å². The Hall–Kier alpha value is -2.97. The van der Waals surface area contributed by atoms with E-state index in [1.54, 1.807) is 0 Å². The standard InChI is InChI=1S/C17H12F6N2O/c1-2-10-3-5-13(6-4-10)25(15(24)26)14-8-11(16(18,19)20)7-12(9-14)17(21,22)23/h2-9H,1H2,(H2,24,26). The van der Waals surface area contributed by atoms with Gasteiger partial charge in [-0.15, -0.1) is 0 Å². The van der Waals surface area contributed by atoms with E-state index in [0.717, 1.165) is 0 Å². The molecule has 2 aromatic rings. The molecule has 0 saturated heterocycles. The Labute approximate surface area is 144 Å². The van der Waals surface area contributed by atoms with Gasteiger partial charge in [-0.3, -0.25) is 4.90 Å². The number of nitrogens with zero attached hydrogens (tertiary/aromatic N) is 1. The van der Waals surface area contributed by atoms with Crippen molar-refractivity contribution in [3.63, 3.8) is 0 Å². The summed E-state index contributed by atoms with van der Waals surface area (Å²) in [5.74, 6) is 0. The van der Waals surface area contributed by atoms with Gasteiger partial charge in [0.05, 0.1) is 22.5 Å². The first-order valence-electron chi connectivity index (χ1n) is 7.05. The highest BCUT2D eigenvalue weighted by molar-refractivity contribution is 5.98. The third kappa shape index (κ3) is 4.16. The lowest BCUT2D eigenvalue weighted by atomic mass is 10.1. The summed E-state index contributed by atoms with van der Waals surface area (Å²) in [7, 11) is 0. The molecule has 9 heteroatoms. The number of urea groups is 1. The molecule has 2 aromatic carbocycles. The molecule has 0 fully saturated rings. The highest BCUT2D eigenvalue weighted by Gasteiger charge is 2.37. The van der Waals surface area contributed by atoms with Crippen molar-refractivity contribution >= 4 is 23.5 Å². The molecule has 2 N–H and O–H groups in total. The van der Waals surface area contributed by atoms with Crippen LogP contribution in [0.1, 0.15) is 16.7 Å². The van der Waals surface area contributed by atoms with Gasteiger partial charge < -0.3 is 5.73 Å². The number of primary amides is 1. The van der Waals surface area contributed by atoms with Crippen LogP contribution in [0.5, 0.6) is 0 Å². The number of hydrogen-bond donors (Lipinski definition) is 1. The van der Waals surface area contributed by atoms with Crippen molar-refractivity contribution < 1.29 is 31.1 Å². The van der Waals surface area contributed by atoms with Crippen LogP contribution in [0.4, 0.5) is 42.5 Å². The van der Waals surface area contributed by atoms with Crippen LogP contribution in [0.2, 0.25) is 0 Å². The summed E-state index contributed by atoms with van der Waals surface area (Å²) >= 11 is 0. The van der Waals surface area contributed by atoms with Crippen molar-refractivity contribution in [1.82, 2.24) is 0 Å². The number of alkyl halides is 6. The fraction of sp³-hybridized carbons (Fsp3) is 0.118. The maximum atomic E-state index is 13.0. The average Bonchev–Trinajstić information content (AvgIpc) is 2.53. The quantitative estimate of drug-likeness (QED) is 0.700. The molecule has 138 valence electrons. The number of rotatable bonds is 3. The maximum Gasteiger partial charge on any atom is 0.416 e. The van der Waals surface area contributed by atoms with Crippen LogP contribution in [-0.2, 0) is 12.4 Å². The minimum Gasteiger partial charge on any atom is -0.351 e. The van der Waals surface area contributed by atoms with Crippen molar-refractivity contribution in [1.29, 1.82) is 0 Å². The Morgan fingerprint density at radius 1 is 0.885 bits per heavy atom. The van der Waals surface area contributed by atoms with Gasteiger partial charge in [0.25, 0.3) is 0 Å². The summed E-state index contributed by atoms with van der Waals surface area (Å²) in [6.07, 6.45) is -8.59. The first-order chi connectivity index (χ1) is 11.9. The minimum atomic E-state index is -5.04. The molecule has 26 heavy (non-hydrogen) atoms. The molecule has 2 amide bonds. The van der Waals surface area contributed by atoms with Crippen LogP contribution < -0.4 is 10.6 Å². The molecule has 2 rings (SSSR count). The van der Waals surface area contributed by atoms with Gasteiger partial charge in [0, 0.05) is 0 Å². The van der Waals surface area contributed by atoms with Crippen LogP contribution in [0.25, 0.3) is 6.08 Å². The van der Waals surface area contributed by atoms with Gasteiger partial charge in [0.2, 0.25) is 0 Å². The van der Waals surface area contributed by atoms with Crippen molar-refractivity contribution in [3.8, 4) is 0 Å². The number of amides is 2. The molecular formula is C17H12F6N2O. The van der Waals surface area contributed by atoms with E-state index in [9.17, 15) is 31.1 Å². The lowest BCUT2D eigenvalue weighted by Gasteiger charge is -2.23. The Morgan fingerprint density at radius 3 is 1.69 bits per heavy atom. The Bertz CT molecular complexity index is 792. The molecular weight excluding hydrogens is 362 g/mol. The Balaban J connectivity index is 2.67. The molecule has 0 radical (unpaired) electrons. The van der Waals surface area contributed by atoms with Gasteiger partial charge in [-0.05, 0) is 35.9 Å². The topological polar surface area (TPSA) is 46.3 Å². The van der Waals surface area contributed by atoms with Crippen LogP contribution in [0, 0.1) is 0 Å². The van der Waals surface area contributed by atoms with Crippen LogP contribution >= 0.6 is 0 Å². The van der Waals surface area contributed by atoms with Crippen LogP contribution in [-0.4, -0.2) is 6.03 Å². The first kappa shape index (κ1) is 19.4. The Morgan fingerprint density at radius 2 is 1.35 bits per heavy atom. The number of hydrogen-bond acceptors (Lipinski definition) is 1. The maximum absolute atomic E-state index is 13.0. The van der Waals surface area contributed by atoms with Crippen molar-refractivity contribution in [2.45, 2.75) is 12.4 Å². The van der Waals surface area contributed by atoms with E-state index in [4.69, 9.17) is 5.73 Å². The number of carbonyl (C=O) groups is 1. The van der Waals surface area contributed by atoms with E-state index in [0.29, 0.717) is 22.6 Å². The molecule has 0 aromatic heterocycles. The van der Waals surface area contributed by atoms with E-state index >= 15 is 0 Å². The zero-order chi connectivity index (χ0) is 19.7. The highest BCUT2D eigenvalue weighted by atomic mass is 19.4. The fourth-order valence-electron chi connectivity index (χ4n) is 2.23.